The Morgan fingerprint density at radius 3 is 2.81 bits per heavy atom. The number of aromatic nitrogens is 3. The molecule has 5 nitrogen and oxygen atoms in total. The average Bonchev–Trinajstić information content (AvgIpc) is 2.92. The molecule has 0 fully saturated rings. The molecule has 0 bridgehead atoms. The minimum atomic E-state index is -2.83. The Labute approximate surface area is 121 Å². The van der Waals surface area contributed by atoms with E-state index in [1.165, 1.54) is 6.07 Å². The molecule has 1 unspecified atom stereocenters. The van der Waals surface area contributed by atoms with Crippen molar-refractivity contribution in [2.24, 2.45) is 0 Å². The molecule has 0 aliphatic carbocycles. The Morgan fingerprint density at radius 1 is 1.33 bits per heavy atom. The fourth-order valence-corrected chi connectivity index (χ4v) is 2.08. The van der Waals surface area contributed by atoms with Crippen molar-refractivity contribution < 1.29 is 13.5 Å². The van der Waals surface area contributed by atoms with E-state index in [0.29, 0.717) is 12.1 Å². The largest absolute Gasteiger partial charge is 0.434 e. The van der Waals surface area contributed by atoms with Gasteiger partial charge in [0.15, 0.2) is 0 Å². The molecule has 0 saturated heterocycles. The molecule has 1 N–H and O–H groups in total. The lowest BCUT2D eigenvalue weighted by atomic mass is 10.1. The highest BCUT2D eigenvalue weighted by molar-refractivity contribution is 5.35. The zero-order valence-corrected chi connectivity index (χ0v) is 12.0. The second-order valence-corrected chi connectivity index (χ2v) is 4.55. The number of ether oxygens (including phenoxy) is 1. The van der Waals surface area contributed by atoms with Crippen LogP contribution in [0.25, 0.3) is 0 Å². The molecule has 2 rings (SSSR count). The average molecular weight is 296 g/mol. The Hall–Kier alpha value is -2.02. The summed E-state index contributed by atoms with van der Waals surface area (Å²) in [4.78, 5) is 0. The molecule has 0 radical (unpaired) electrons. The number of hydrogen-bond acceptors (Lipinski definition) is 4. The number of aryl methyl sites for hydroxylation is 1. The van der Waals surface area contributed by atoms with Crippen LogP contribution in [0.2, 0.25) is 0 Å². The van der Waals surface area contributed by atoms with Gasteiger partial charge in [-0.05, 0) is 19.9 Å². The smallest absolute Gasteiger partial charge is 0.387 e. The molecule has 1 aromatic carbocycles. The predicted octanol–water partition coefficient (Wildman–Crippen LogP) is 2.75. The van der Waals surface area contributed by atoms with Crippen molar-refractivity contribution in [2.75, 3.05) is 0 Å². The molecule has 0 aliphatic heterocycles. The van der Waals surface area contributed by atoms with E-state index in [1.807, 2.05) is 18.4 Å². The van der Waals surface area contributed by atoms with Crippen molar-refractivity contribution in [3.05, 3.63) is 42.0 Å². The second-order valence-electron chi connectivity index (χ2n) is 4.55. The summed E-state index contributed by atoms with van der Waals surface area (Å²) in [6.45, 7) is 2.34. The Bertz CT molecular complexity index is 574. The van der Waals surface area contributed by atoms with Crippen LogP contribution in [0.15, 0.2) is 30.6 Å². The van der Waals surface area contributed by atoms with Crippen LogP contribution in [-0.2, 0) is 13.1 Å². The van der Waals surface area contributed by atoms with Gasteiger partial charge in [-0.1, -0.05) is 18.2 Å². The monoisotopic (exact) mass is 296 g/mol. The van der Waals surface area contributed by atoms with E-state index in [4.69, 9.17) is 0 Å². The molecule has 1 aromatic heterocycles. The highest BCUT2D eigenvalue weighted by Crippen LogP contribution is 2.26. The molecule has 21 heavy (non-hydrogen) atoms. The van der Waals surface area contributed by atoms with Crippen LogP contribution in [-0.4, -0.2) is 21.4 Å². The molecule has 1 heterocycles. The first kappa shape index (κ1) is 15.4. The fraction of sp³-hybridized carbons (Fsp3) is 0.429. The van der Waals surface area contributed by atoms with Gasteiger partial charge < -0.3 is 14.6 Å². The van der Waals surface area contributed by atoms with Gasteiger partial charge in [-0.2, -0.15) is 8.78 Å². The van der Waals surface area contributed by atoms with E-state index >= 15 is 0 Å². The normalized spacial score (nSPS) is 12.6. The van der Waals surface area contributed by atoms with Crippen LogP contribution < -0.4 is 10.1 Å². The number of nitrogens with one attached hydrogen (secondary N) is 1. The third-order valence-corrected chi connectivity index (χ3v) is 3.20. The highest BCUT2D eigenvalue weighted by Gasteiger charge is 2.15. The van der Waals surface area contributed by atoms with Gasteiger partial charge in [0.1, 0.15) is 17.9 Å². The minimum absolute atomic E-state index is 0.151. The first-order chi connectivity index (χ1) is 10.1. The first-order valence-corrected chi connectivity index (χ1v) is 6.75. The molecule has 0 aliphatic rings. The van der Waals surface area contributed by atoms with Gasteiger partial charge in [0.2, 0.25) is 0 Å². The Morgan fingerprint density at radius 2 is 2.10 bits per heavy atom. The van der Waals surface area contributed by atoms with Crippen LogP contribution in [0.4, 0.5) is 8.78 Å². The van der Waals surface area contributed by atoms with Crippen LogP contribution >= 0.6 is 0 Å². The first-order valence-electron chi connectivity index (χ1n) is 6.75. The van der Waals surface area contributed by atoms with E-state index in [-0.39, 0.29) is 11.8 Å². The number of alkyl halides is 2. The maximum Gasteiger partial charge on any atom is 0.387 e. The van der Waals surface area contributed by atoms with Crippen LogP contribution in [0, 0.1) is 0 Å². The molecule has 0 saturated carbocycles. The van der Waals surface area contributed by atoms with E-state index in [2.05, 4.69) is 20.3 Å². The van der Waals surface area contributed by atoms with Gasteiger partial charge in [-0.25, -0.2) is 0 Å². The van der Waals surface area contributed by atoms with Crippen LogP contribution in [0.1, 0.15) is 31.3 Å². The van der Waals surface area contributed by atoms with Crippen molar-refractivity contribution in [1.82, 2.24) is 20.1 Å². The Kier molecular flexibility index (Phi) is 5.21. The number of para-hydroxylation sites is 1. The standard InChI is InChI=1S/C14H18F2N4O/c1-3-20-9-18-19-13(20)8-17-10(2)11-6-4-5-7-12(11)21-14(15)16/h4-7,9-10,14,17H,3,8H2,1-2H3. The van der Waals surface area contributed by atoms with Crippen LogP contribution in [0.5, 0.6) is 5.75 Å². The third-order valence-electron chi connectivity index (χ3n) is 3.20. The van der Waals surface area contributed by atoms with Gasteiger partial charge in [-0.15, -0.1) is 10.2 Å². The van der Waals surface area contributed by atoms with E-state index in [1.54, 1.807) is 24.5 Å². The molecule has 0 spiro atoms. The predicted molar refractivity (Wildman–Crippen MR) is 74.0 cm³/mol. The van der Waals surface area contributed by atoms with Crippen LogP contribution in [0.3, 0.4) is 0 Å². The lowest BCUT2D eigenvalue weighted by Gasteiger charge is -2.18. The lowest BCUT2D eigenvalue weighted by molar-refractivity contribution is -0.0506. The molecular weight excluding hydrogens is 278 g/mol. The third kappa shape index (κ3) is 3.98. The molecule has 1 atom stereocenters. The molecule has 7 heteroatoms. The summed E-state index contributed by atoms with van der Waals surface area (Å²) in [7, 11) is 0. The zero-order chi connectivity index (χ0) is 15.2. The van der Waals surface area contributed by atoms with Crippen molar-refractivity contribution >= 4 is 0 Å². The summed E-state index contributed by atoms with van der Waals surface area (Å²) in [6, 6.07) is 6.61. The van der Waals surface area contributed by atoms with Crippen molar-refractivity contribution in [2.45, 2.75) is 39.6 Å². The second kappa shape index (κ2) is 7.12. The topological polar surface area (TPSA) is 52.0 Å². The summed E-state index contributed by atoms with van der Waals surface area (Å²) in [5.74, 6) is 0.987. The number of nitrogens with zero attached hydrogens (tertiary/aromatic N) is 3. The fourth-order valence-electron chi connectivity index (χ4n) is 2.08. The van der Waals surface area contributed by atoms with Gasteiger partial charge >= 0.3 is 6.61 Å². The Balaban J connectivity index is 2.05. The van der Waals surface area contributed by atoms with Gasteiger partial charge in [0.25, 0.3) is 0 Å². The SMILES string of the molecule is CCn1cnnc1CNC(C)c1ccccc1OC(F)F. The zero-order valence-electron chi connectivity index (χ0n) is 12.0. The van der Waals surface area contributed by atoms with E-state index in [9.17, 15) is 8.78 Å². The molecule has 2 aromatic rings. The summed E-state index contributed by atoms with van der Waals surface area (Å²) in [5, 5.41) is 11.1. The summed E-state index contributed by atoms with van der Waals surface area (Å²) in [6.07, 6.45) is 1.66. The lowest BCUT2D eigenvalue weighted by Crippen LogP contribution is -2.21. The van der Waals surface area contributed by atoms with Gasteiger partial charge in [0.05, 0.1) is 6.54 Å². The molecule has 0 amide bonds. The summed E-state index contributed by atoms with van der Waals surface area (Å²) < 4.78 is 31.3. The maximum absolute atomic E-state index is 12.4. The van der Waals surface area contributed by atoms with E-state index in [0.717, 1.165) is 12.4 Å². The van der Waals surface area contributed by atoms with E-state index < -0.39 is 6.61 Å². The number of benzene rings is 1. The van der Waals surface area contributed by atoms with Crippen molar-refractivity contribution in [3.8, 4) is 5.75 Å². The van der Waals surface area contributed by atoms with Gasteiger partial charge in [-0.3, -0.25) is 0 Å². The number of hydrogen-bond donors (Lipinski definition) is 1. The maximum atomic E-state index is 12.4. The quantitative estimate of drug-likeness (QED) is 0.853. The van der Waals surface area contributed by atoms with Gasteiger partial charge in [0, 0.05) is 18.2 Å². The summed E-state index contributed by atoms with van der Waals surface area (Å²) >= 11 is 0. The number of halogens is 2. The minimum Gasteiger partial charge on any atom is -0.434 e. The van der Waals surface area contributed by atoms with Crippen molar-refractivity contribution in [3.63, 3.8) is 0 Å². The molecular formula is C14H18F2N4O. The molecule has 114 valence electrons. The number of rotatable bonds is 7. The van der Waals surface area contributed by atoms with Crippen molar-refractivity contribution in [1.29, 1.82) is 0 Å². The highest BCUT2D eigenvalue weighted by atomic mass is 19.3. The summed E-state index contributed by atoms with van der Waals surface area (Å²) in [5.41, 5.74) is 0.681.